The fraction of sp³-hybridized carbons (Fsp3) is 0.278. The molecular weight excluding hydrogens is 260 g/mol. The summed E-state index contributed by atoms with van der Waals surface area (Å²) < 4.78 is 5.85. The van der Waals surface area contributed by atoms with Crippen molar-refractivity contribution >= 4 is 16.8 Å². The summed E-state index contributed by atoms with van der Waals surface area (Å²) in [7, 11) is 0. The van der Waals surface area contributed by atoms with Gasteiger partial charge in [-0.05, 0) is 47.7 Å². The van der Waals surface area contributed by atoms with Gasteiger partial charge in [0.25, 0.3) is 0 Å². The third-order valence-corrected chi connectivity index (χ3v) is 3.78. The van der Waals surface area contributed by atoms with Gasteiger partial charge in [0, 0.05) is 11.3 Å². The van der Waals surface area contributed by atoms with Crippen LogP contribution in [0.15, 0.2) is 40.8 Å². The van der Waals surface area contributed by atoms with Gasteiger partial charge >= 0.3 is 0 Å². The van der Waals surface area contributed by atoms with Crippen LogP contribution in [0, 0.1) is 6.92 Å². The van der Waals surface area contributed by atoms with Crippen molar-refractivity contribution in [2.45, 2.75) is 33.1 Å². The molecule has 0 fully saturated rings. The van der Waals surface area contributed by atoms with Gasteiger partial charge in [-0.3, -0.25) is 0 Å². The summed E-state index contributed by atoms with van der Waals surface area (Å²) in [6.07, 6.45) is 0. The Morgan fingerprint density at radius 3 is 2.48 bits per heavy atom. The van der Waals surface area contributed by atoms with Crippen molar-refractivity contribution in [3.8, 4) is 11.5 Å². The van der Waals surface area contributed by atoms with Crippen molar-refractivity contribution in [3.05, 3.63) is 47.5 Å². The summed E-state index contributed by atoms with van der Waals surface area (Å²) in [5, 5.41) is 0. The zero-order chi connectivity index (χ0) is 15.2. The molecule has 2 aromatic carbocycles. The lowest BCUT2D eigenvalue weighted by atomic mass is 9.87. The van der Waals surface area contributed by atoms with Crippen molar-refractivity contribution in [1.29, 1.82) is 0 Å². The lowest BCUT2D eigenvalue weighted by molar-refractivity contribution is 0.590. The van der Waals surface area contributed by atoms with Gasteiger partial charge in [0.1, 0.15) is 5.52 Å². The van der Waals surface area contributed by atoms with Crippen LogP contribution in [-0.4, -0.2) is 4.98 Å². The Morgan fingerprint density at radius 1 is 1.05 bits per heavy atom. The van der Waals surface area contributed by atoms with Crippen molar-refractivity contribution in [3.63, 3.8) is 0 Å². The van der Waals surface area contributed by atoms with Crippen LogP contribution >= 0.6 is 0 Å². The highest BCUT2D eigenvalue weighted by Crippen LogP contribution is 2.30. The summed E-state index contributed by atoms with van der Waals surface area (Å²) in [6.45, 7) is 8.56. The predicted molar refractivity (Wildman–Crippen MR) is 87.3 cm³/mol. The van der Waals surface area contributed by atoms with E-state index in [0.717, 1.165) is 27.9 Å². The Morgan fingerprint density at radius 2 is 1.81 bits per heavy atom. The molecule has 3 heteroatoms. The molecular formula is C18H20N2O. The Kier molecular flexibility index (Phi) is 3.01. The van der Waals surface area contributed by atoms with E-state index in [-0.39, 0.29) is 5.41 Å². The number of fused-ring (bicyclic) bond motifs is 1. The number of aryl methyl sites for hydroxylation is 1. The zero-order valence-electron chi connectivity index (χ0n) is 12.9. The Labute approximate surface area is 124 Å². The minimum Gasteiger partial charge on any atom is -0.436 e. The molecule has 3 nitrogen and oxygen atoms in total. The number of nitrogen functional groups attached to an aromatic ring is 1. The molecule has 0 saturated heterocycles. The quantitative estimate of drug-likeness (QED) is 0.658. The maximum absolute atomic E-state index is 5.96. The van der Waals surface area contributed by atoms with Crippen molar-refractivity contribution in [1.82, 2.24) is 4.98 Å². The first-order valence-corrected chi connectivity index (χ1v) is 7.12. The van der Waals surface area contributed by atoms with Gasteiger partial charge in [-0.2, -0.15) is 0 Å². The van der Waals surface area contributed by atoms with Crippen LogP contribution in [0.5, 0.6) is 0 Å². The second-order valence-electron chi connectivity index (χ2n) is 6.52. The first-order valence-electron chi connectivity index (χ1n) is 7.12. The lowest BCUT2D eigenvalue weighted by Crippen LogP contribution is -2.10. The van der Waals surface area contributed by atoms with Crippen LogP contribution in [0.2, 0.25) is 0 Å². The number of nitrogens with two attached hydrogens (primary N) is 1. The second kappa shape index (κ2) is 4.62. The number of rotatable bonds is 1. The largest absolute Gasteiger partial charge is 0.436 e. The van der Waals surface area contributed by atoms with E-state index in [1.54, 1.807) is 0 Å². The Balaban J connectivity index is 2.10. The molecule has 0 aliphatic carbocycles. The number of nitrogens with zero attached hydrogens (tertiary/aromatic N) is 1. The van der Waals surface area contributed by atoms with E-state index in [2.05, 4.69) is 37.9 Å². The number of benzene rings is 2. The minimum absolute atomic E-state index is 0.0988. The van der Waals surface area contributed by atoms with Gasteiger partial charge < -0.3 is 10.2 Å². The number of aromatic nitrogens is 1. The lowest BCUT2D eigenvalue weighted by Gasteiger charge is -2.18. The summed E-state index contributed by atoms with van der Waals surface area (Å²) in [5.41, 5.74) is 11.7. The van der Waals surface area contributed by atoms with Gasteiger partial charge in [0.05, 0.1) is 0 Å². The van der Waals surface area contributed by atoms with Crippen LogP contribution in [0.1, 0.15) is 31.9 Å². The smallest absolute Gasteiger partial charge is 0.227 e. The fourth-order valence-corrected chi connectivity index (χ4v) is 2.29. The topological polar surface area (TPSA) is 52.0 Å². The Bertz CT molecular complexity index is 810. The fourth-order valence-electron chi connectivity index (χ4n) is 2.29. The number of hydrogen-bond donors (Lipinski definition) is 1. The summed E-state index contributed by atoms with van der Waals surface area (Å²) in [6, 6.07) is 12.1. The average Bonchev–Trinajstić information content (AvgIpc) is 2.83. The van der Waals surface area contributed by atoms with E-state index in [1.165, 1.54) is 5.56 Å². The van der Waals surface area contributed by atoms with Crippen LogP contribution in [0.4, 0.5) is 5.69 Å². The molecule has 0 aliphatic rings. The average molecular weight is 280 g/mol. The first kappa shape index (κ1) is 13.7. The molecule has 0 atom stereocenters. The molecule has 1 aromatic heterocycles. The molecule has 0 bridgehead atoms. The van der Waals surface area contributed by atoms with Gasteiger partial charge in [0.2, 0.25) is 5.89 Å². The molecule has 2 N–H and O–H groups in total. The monoisotopic (exact) mass is 280 g/mol. The summed E-state index contributed by atoms with van der Waals surface area (Å²) >= 11 is 0. The molecule has 0 spiro atoms. The van der Waals surface area contributed by atoms with Crippen LogP contribution in [-0.2, 0) is 5.41 Å². The highest BCUT2D eigenvalue weighted by Gasteiger charge is 2.16. The maximum atomic E-state index is 5.96. The van der Waals surface area contributed by atoms with Crippen LogP contribution in [0.25, 0.3) is 22.6 Å². The molecule has 0 unspecified atom stereocenters. The summed E-state index contributed by atoms with van der Waals surface area (Å²) in [4.78, 5) is 4.61. The standard InChI is InChI=1S/C18H20N2O/c1-11-5-6-12(9-14(11)19)17-20-15-10-13(18(2,3)4)7-8-16(15)21-17/h5-10H,19H2,1-4H3. The van der Waals surface area contributed by atoms with Crippen LogP contribution in [0.3, 0.4) is 0 Å². The van der Waals surface area contributed by atoms with E-state index < -0.39 is 0 Å². The van der Waals surface area contributed by atoms with Crippen LogP contribution < -0.4 is 5.73 Å². The number of hydrogen-bond acceptors (Lipinski definition) is 3. The normalized spacial score (nSPS) is 12.0. The molecule has 0 saturated carbocycles. The third-order valence-electron chi connectivity index (χ3n) is 3.78. The van der Waals surface area contributed by atoms with Gasteiger partial charge in [-0.1, -0.05) is 32.9 Å². The molecule has 0 aliphatic heterocycles. The second-order valence-corrected chi connectivity index (χ2v) is 6.52. The first-order chi connectivity index (χ1) is 9.84. The number of oxazole rings is 1. The Hall–Kier alpha value is -2.29. The predicted octanol–water partition coefficient (Wildman–Crippen LogP) is 4.68. The molecule has 3 aromatic rings. The number of anilines is 1. The maximum Gasteiger partial charge on any atom is 0.227 e. The highest BCUT2D eigenvalue weighted by atomic mass is 16.3. The van der Waals surface area contributed by atoms with Crippen molar-refractivity contribution < 1.29 is 4.42 Å². The summed E-state index contributed by atoms with van der Waals surface area (Å²) in [5.74, 6) is 0.614. The highest BCUT2D eigenvalue weighted by molar-refractivity contribution is 5.78. The molecule has 1 heterocycles. The van der Waals surface area contributed by atoms with Gasteiger partial charge in [-0.15, -0.1) is 0 Å². The van der Waals surface area contributed by atoms with Crippen molar-refractivity contribution in [2.24, 2.45) is 0 Å². The van der Waals surface area contributed by atoms with E-state index in [1.807, 2.05) is 31.2 Å². The van der Waals surface area contributed by atoms with E-state index in [0.29, 0.717) is 5.89 Å². The SMILES string of the molecule is Cc1ccc(-c2nc3cc(C(C)(C)C)ccc3o2)cc1N. The van der Waals surface area contributed by atoms with Crippen molar-refractivity contribution in [2.75, 3.05) is 5.73 Å². The third kappa shape index (κ3) is 2.51. The van der Waals surface area contributed by atoms with E-state index >= 15 is 0 Å². The molecule has 3 rings (SSSR count). The van der Waals surface area contributed by atoms with Gasteiger partial charge in [-0.25, -0.2) is 4.98 Å². The molecule has 108 valence electrons. The molecule has 21 heavy (non-hydrogen) atoms. The molecule has 0 radical (unpaired) electrons. The zero-order valence-corrected chi connectivity index (χ0v) is 12.9. The minimum atomic E-state index is 0.0988. The molecule has 0 amide bonds. The van der Waals surface area contributed by atoms with E-state index in [4.69, 9.17) is 10.2 Å². The van der Waals surface area contributed by atoms with Gasteiger partial charge in [0.15, 0.2) is 5.58 Å². The van der Waals surface area contributed by atoms with E-state index in [9.17, 15) is 0 Å².